The number of hydrogen-bond acceptors (Lipinski definition) is 4. The molecule has 0 saturated carbocycles. The van der Waals surface area contributed by atoms with Crippen LogP contribution < -0.4 is 5.73 Å². The number of rotatable bonds is 3. The van der Waals surface area contributed by atoms with Gasteiger partial charge in [-0.25, -0.2) is 0 Å². The second-order valence-electron chi connectivity index (χ2n) is 4.72. The lowest BCUT2D eigenvalue weighted by Crippen LogP contribution is -2.50. The molecule has 18 heavy (non-hydrogen) atoms. The van der Waals surface area contributed by atoms with Gasteiger partial charge in [0.2, 0.25) is 0 Å². The Bertz CT molecular complexity index is 411. The molecular formula is C12H18Cl2N2OS. The third-order valence-electron chi connectivity index (χ3n) is 3.39. The molecule has 1 aromatic rings. The zero-order valence-electron chi connectivity index (χ0n) is 10.5. The third kappa shape index (κ3) is 3.18. The van der Waals surface area contributed by atoms with E-state index in [0.717, 1.165) is 27.3 Å². The van der Waals surface area contributed by atoms with Gasteiger partial charge in [0.25, 0.3) is 0 Å². The summed E-state index contributed by atoms with van der Waals surface area (Å²) in [4.78, 5) is 2.35. The van der Waals surface area contributed by atoms with Crippen molar-refractivity contribution in [1.82, 2.24) is 4.90 Å². The molecule has 0 spiro atoms. The molecule has 0 bridgehead atoms. The number of hydrogen-bond donors (Lipinski definition) is 1. The Morgan fingerprint density at radius 2 is 2.22 bits per heavy atom. The molecule has 3 atom stereocenters. The number of nitrogens with two attached hydrogens (primary N) is 1. The van der Waals surface area contributed by atoms with Crippen LogP contribution >= 0.6 is 34.5 Å². The number of halogens is 2. The predicted octanol–water partition coefficient (Wildman–Crippen LogP) is 3.16. The van der Waals surface area contributed by atoms with Gasteiger partial charge in [0.05, 0.1) is 21.4 Å². The van der Waals surface area contributed by atoms with Crippen LogP contribution in [0.15, 0.2) is 6.07 Å². The number of thiophene rings is 1. The fraction of sp³-hybridized carbons (Fsp3) is 0.667. The highest BCUT2D eigenvalue weighted by molar-refractivity contribution is 7.20. The molecule has 1 aromatic heterocycles. The Morgan fingerprint density at radius 1 is 1.50 bits per heavy atom. The Morgan fingerprint density at radius 3 is 2.78 bits per heavy atom. The monoisotopic (exact) mass is 308 g/mol. The summed E-state index contributed by atoms with van der Waals surface area (Å²) in [6.45, 7) is 6.57. The molecule has 6 heteroatoms. The van der Waals surface area contributed by atoms with Gasteiger partial charge in [-0.1, -0.05) is 23.2 Å². The maximum absolute atomic E-state index is 6.21. The van der Waals surface area contributed by atoms with Gasteiger partial charge in [0.15, 0.2) is 0 Å². The zero-order chi connectivity index (χ0) is 13.3. The van der Waals surface area contributed by atoms with Crippen LogP contribution in [0.5, 0.6) is 0 Å². The second kappa shape index (κ2) is 6.07. The highest BCUT2D eigenvalue weighted by Gasteiger charge is 2.28. The van der Waals surface area contributed by atoms with E-state index in [0.29, 0.717) is 6.61 Å². The summed E-state index contributed by atoms with van der Waals surface area (Å²) in [5.74, 6) is 0. The van der Waals surface area contributed by atoms with Crippen molar-refractivity contribution in [1.29, 1.82) is 0 Å². The lowest BCUT2D eigenvalue weighted by atomic mass is 10.1. The molecule has 1 aliphatic heterocycles. The van der Waals surface area contributed by atoms with Crippen molar-refractivity contribution in [3.8, 4) is 0 Å². The van der Waals surface area contributed by atoms with E-state index in [-0.39, 0.29) is 18.2 Å². The maximum atomic E-state index is 6.21. The lowest BCUT2D eigenvalue weighted by Gasteiger charge is -2.38. The van der Waals surface area contributed by atoms with Gasteiger partial charge in [0.1, 0.15) is 0 Å². The van der Waals surface area contributed by atoms with Crippen LogP contribution in [0, 0.1) is 0 Å². The van der Waals surface area contributed by atoms with Crippen molar-refractivity contribution in [2.45, 2.75) is 32.0 Å². The van der Waals surface area contributed by atoms with Crippen molar-refractivity contribution in [2.75, 3.05) is 19.7 Å². The first kappa shape index (κ1) is 14.6. The minimum Gasteiger partial charge on any atom is -0.374 e. The van der Waals surface area contributed by atoms with Gasteiger partial charge in [-0.15, -0.1) is 11.3 Å². The molecule has 1 aliphatic rings. The average molecular weight is 309 g/mol. The van der Waals surface area contributed by atoms with E-state index in [1.807, 2.05) is 13.0 Å². The van der Waals surface area contributed by atoms with Gasteiger partial charge >= 0.3 is 0 Å². The summed E-state index contributed by atoms with van der Waals surface area (Å²) in [6, 6.07) is 2.24. The third-order valence-corrected chi connectivity index (χ3v) is 4.91. The maximum Gasteiger partial charge on any atom is 0.0991 e. The molecule has 2 N–H and O–H groups in total. The summed E-state index contributed by atoms with van der Waals surface area (Å²) in [7, 11) is 0. The van der Waals surface area contributed by atoms with E-state index in [4.69, 9.17) is 33.7 Å². The Balaban J connectivity index is 2.09. The molecule has 3 unspecified atom stereocenters. The quantitative estimate of drug-likeness (QED) is 0.932. The van der Waals surface area contributed by atoms with Crippen LogP contribution in [0.1, 0.15) is 25.5 Å². The number of nitrogens with zero attached hydrogens (tertiary/aromatic N) is 1. The minimum absolute atomic E-state index is 0.0431. The Labute approximate surface area is 122 Å². The smallest absolute Gasteiger partial charge is 0.0991 e. The average Bonchev–Trinajstić information content (AvgIpc) is 2.67. The highest BCUT2D eigenvalue weighted by Crippen LogP contribution is 2.37. The molecule has 1 fully saturated rings. The Kier molecular flexibility index (Phi) is 4.92. The molecule has 0 radical (unpaired) electrons. The van der Waals surface area contributed by atoms with Crippen LogP contribution in [-0.2, 0) is 4.74 Å². The molecule has 2 heterocycles. The SMILES string of the molecule is CC(N)C1CN(C(C)c2cc(Cl)sc2Cl)CCO1. The summed E-state index contributed by atoms with van der Waals surface area (Å²) in [6.07, 6.45) is 0.0917. The molecule has 0 aliphatic carbocycles. The van der Waals surface area contributed by atoms with Crippen LogP contribution in [-0.4, -0.2) is 36.7 Å². The van der Waals surface area contributed by atoms with Gasteiger partial charge in [-0.05, 0) is 19.9 Å². The first-order valence-corrected chi connectivity index (χ1v) is 7.62. The molecule has 0 aromatic carbocycles. The van der Waals surface area contributed by atoms with Crippen LogP contribution in [0.2, 0.25) is 8.67 Å². The van der Waals surface area contributed by atoms with E-state index < -0.39 is 0 Å². The summed E-state index contributed by atoms with van der Waals surface area (Å²) in [5, 5.41) is 0. The van der Waals surface area contributed by atoms with Crippen molar-refractivity contribution < 1.29 is 4.74 Å². The second-order valence-corrected chi connectivity index (χ2v) is 7.00. The number of ether oxygens (including phenoxy) is 1. The molecule has 1 saturated heterocycles. The van der Waals surface area contributed by atoms with E-state index in [1.165, 1.54) is 11.3 Å². The van der Waals surface area contributed by atoms with E-state index in [2.05, 4.69) is 11.8 Å². The van der Waals surface area contributed by atoms with E-state index in [9.17, 15) is 0 Å². The molecule has 102 valence electrons. The van der Waals surface area contributed by atoms with Crippen LogP contribution in [0.25, 0.3) is 0 Å². The summed E-state index contributed by atoms with van der Waals surface area (Å²) >= 11 is 13.6. The van der Waals surface area contributed by atoms with Crippen LogP contribution in [0.4, 0.5) is 0 Å². The highest BCUT2D eigenvalue weighted by atomic mass is 35.5. The Hall–Kier alpha value is 0.160. The van der Waals surface area contributed by atoms with E-state index >= 15 is 0 Å². The fourth-order valence-corrected chi connectivity index (χ4v) is 3.83. The molecule has 0 amide bonds. The predicted molar refractivity (Wildman–Crippen MR) is 77.7 cm³/mol. The van der Waals surface area contributed by atoms with Gasteiger partial charge in [-0.3, -0.25) is 4.90 Å². The first-order valence-electron chi connectivity index (χ1n) is 6.05. The topological polar surface area (TPSA) is 38.5 Å². The van der Waals surface area contributed by atoms with Crippen LogP contribution in [0.3, 0.4) is 0 Å². The minimum atomic E-state index is 0.0431. The standard InChI is InChI=1S/C12H18Cl2N2OS/c1-7(15)10-6-16(3-4-17-10)8(2)9-5-11(13)18-12(9)14/h5,7-8,10H,3-4,6,15H2,1-2H3. The van der Waals surface area contributed by atoms with Crippen molar-refractivity contribution in [2.24, 2.45) is 5.73 Å². The summed E-state index contributed by atoms with van der Waals surface area (Å²) in [5.41, 5.74) is 7.00. The van der Waals surface area contributed by atoms with E-state index in [1.54, 1.807) is 0 Å². The van der Waals surface area contributed by atoms with Crippen molar-refractivity contribution >= 4 is 34.5 Å². The normalized spacial score (nSPS) is 25.1. The largest absolute Gasteiger partial charge is 0.374 e. The molecule has 2 rings (SSSR count). The van der Waals surface area contributed by atoms with Crippen molar-refractivity contribution in [3.05, 3.63) is 20.3 Å². The zero-order valence-corrected chi connectivity index (χ0v) is 12.9. The van der Waals surface area contributed by atoms with Crippen molar-refractivity contribution in [3.63, 3.8) is 0 Å². The van der Waals surface area contributed by atoms with Gasteiger partial charge < -0.3 is 10.5 Å². The fourth-order valence-electron chi connectivity index (χ4n) is 2.20. The number of morpholine rings is 1. The lowest BCUT2D eigenvalue weighted by molar-refractivity contribution is -0.0497. The first-order chi connectivity index (χ1) is 8.49. The van der Waals surface area contributed by atoms with Gasteiger partial charge in [-0.2, -0.15) is 0 Å². The molecule has 3 nitrogen and oxygen atoms in total. The van der Waals surface area contributed by atoms with Gasteiger partial charge in [0, 0.05) is 30.7 Å². The molecular weight excluding hydrogens is 291 g/mol. The summed E-state index contributed by atoms with van der Waals surface area (Å²) < 4.78 is 7.18.